The number of nitrogens with one attached hydrogen (secondary N) is 1. The molecule has 0 unspecified atom stereocenters. The van der Waals surface area contributed by atoms with Gasteiger partial charge in [0, 0.05) is 16.9 Å². The van der Waals surface area contributed by atoms with Crippen LogP contribution < -0.4 is 5.32 Å². The lowest BCUT2D eigenvalue weighted by Crippen LogP contribution is -2.28. The minimum absolute atomic E-state index is 0.458. The van der Waals surface area contributed by atoms with Gasteiger partial charge in [0.15, 0.2) is 0 Å². The lowest BCUT2D eigenvalue weighted by molar-refractivity contribution is 0.350. The van der Waals surface area contributed by atoms with E-state index >= 15 is 0 Å². The Bertz CT molecular complexity index is 612. The van der Waals surface area contributed by atoms with Crippen molar-refractivity contribution in [3.05, 3.63) is 28.5 Å². The van der Waals surface area contributed by atoms with Crippen molar-refractivity contribution >= 4 is 27.0 Å². The standard InChI is InChI=1S/C17H24BrN3/c1-12(2)21-16-5-4-14(18)11-15(16)20-17(21)6-3-13-7-9-19-10-8-13/h4-5,11-13,19H,3,6-10H2,1-2H3. The molecule has 2 heterocycles. The van der Waals surface area contributed by atoms with Crippen LogP contribution in [0.5, 0.6) is 0 Å². The minimum atomic E-state index is 0.458. The zero-order chi connectivity index (χ0) is 14.8. The average Bonchev–Trinajstić information content (AvgIpc) is 2.83. The summed E-state index contributed by atoms with van der Waals surface area (Å²) in [6, 6.07) is 6.88. The Labute approximate surface area is 135 Å². The van der Waals surface area contributed by atoms with Gasteiger partial charge < -0.3 is 9.88 Å². The minimum Gasteiger partial charge on any atom is -0.325 e. The SMILES string of the molecule is CC(C)n1c(CCC2CCNCC2)nc2cc(Br)ccc21. The second-order valence-electron chi connectivity index (χ2n) is 6.36. The number of rotatable bonds is 4. The summed E-state index contributed by atoms with van der Waals surface area (Å²) in [5.74, 6) is 2.11. The van der Waals surface area contributed by atoms with Crippen molar-refractivity contribution < 1.29 is 0 Å². The van der Waals surface area contributed by atoms with Gasteiger partial charge in [0.2, 0.25) is 0 Å². The molecule has 1 aromatic carbocycles. The number of aromatic nitrogens is 2. The third-order valence-corrected chi connectivity index (χ3v) is 4.97. The van der Waals surface area contributed by atoms with Gasteiger partial charge >= 0.3 is 0 Å². The highest BCUT2D eigenvalue weighted by molar-refractivity contribution is 9.10. The molecule has 1 aliphatic heterocycles. The highest BCUT2D eigenvalue weighted by Gasteiger charge is 2.17. The van der Waals surface area contributed by atoms with Crippen molar-refractivity contribution in [3.63, 3.8) is 0 Å². The van der Waals surface area contributed by atoms with Crippen molar-refractivity contribution in [2.45, 2.75) is 45.6 Å². The largest absolute Gasteiger partial charge is 0.325 e. The van der Waals surface area contributed by atoms with Gasteiger partial charge in [0.1, 0.15) is 5.82 Å². The maximum atomic E-state index is 4.90. The molecular formula is C17H24BrN3. The van der Waals surface area contributed by atoms with E-state index < -0.39 is 0 Å². The van der Waals surface area contributed by atoms with Crippen LogP contribution in [0.25, 0.3) is 11.0 Å². The number of fused-ring (bicyclic) bond motifs is 1. The summed E-state index contributed by atoms with van der Waals surface area (Å²) in [7, 11) is 0. The molecule has 2 aromatic rings. The van der Waals surface area contributed by atoms with Crippen molar-refractivity contribution in [3.8, 4) is 0 Å². The van der Waals surface area contributed by atoms with Gasteiger partial charge in [-0.15, -0.1) is 0 Å². The fourth-order valence-corrected chi connectivity index (χ4v) is 3.73. The summed E-state index contributed by atoms with van der Waals surface area (Å²) in [6.45, 7) is 6.85. The van der Waals surface area contributed by atoms with Gasteiger partial charge in [-0.05, 0) is 70.3 Å². The van der Waals surface area contributed by atoms with Crippen LogP contribution in [-0.2, 0) is 6.42 Å². The molecule has 1 saturated heterocycles. The van der Waals surface area contributed by atoms with E-state index in [0.717, 1.165) is 22.3 Å². The van der Waals surface area contributed by atoms with Crippen LogP contribution >= 0.6 is 15.9 Å². The fraction of sp³-hybridized carbons (Fsp3) is 0.588. The molecule has 0 amide bonds. The summed E-state index contributed by atoms with van der Waals surface area (Å²) in [6.07, 6.45) is 4.98. The van der Waals surface area contributed by atoms with E-state index in [-0.39, 0.29) is 0 Å². The summed E-state index contributed by atoms with van der Waals surface area (Å²) in [5, 5.41) is 3.44. The Hall–Kier alpha value is -0.870. The van der Waals surface area contributed by atoms with E-state index in [1.807, 2.05) is 0 Å². The van der Waals surface area contributed by atoms with Crippen LogP contribution in [0.3, 0.4) is 0 Å². The highest BCUT2D eigenvalue weighted by atomic mass is 79.9. The number of aryl methyl sites for hydroxylation is 1. The first-order valence-corrected chi connectivity index (χ1v) is 8.81. The van der Waals surface area contributed by atoms with Crippen molar-refractivity contribution in [2.75, 3.05) is 13.1 Å². The van der Waals surface area contributed by atoms with Crippen LogP contribution in [0, 0.1) is 5.92 Å². The molecular weight excluding hydrogens is 326 g/mol. The number of nitrogens with zero attached hydrogens (tertiary/aromatic N) is 2. The van der Waals surface area contributed by atoms with Crippen LogP contribution in [-0.4, -0.2) is 22.6 Å². The molecule has 0 radical (unpaired) electrons. The van der Waals surface area contributed by atoms with Crippen molar-refractivity contribution in [1.29, 1.82) is 0 Å². The number of benzene rings is 1. The molecule has 3 nitrogen and oxygen atoms in total. The maximum Gasteiger partial charge on any atom is 0.110 e. The van der Waals surface area contributed by atoms with E-state index in [9.17, 15) is 0 Å². The Morgan fingerprint density at radius 2 is 2.10 bits per heavy atom. The van der Waals surface area contributed by atoms with Crippen molar-refractivity contribution in [1.82, 2.24) is 14.9 Å². The Balaban J connectivity index is 1.84. The molecule has 1 aliphatic rings. The number of halogens is 1. The maximum absolute atomic E-state index is 4.90. The quantitative estimate of drug-likeness (QED) is 0.890. The van der Waals surface area contributed by atoms with E-state index in [1.165, 1.54) is 43.7 Å². The van der Waals surface area contributed by atoms with Crippen LogP contribution in [0.2, 0.25) is 0 Å². The summed E-state index contributed by atoms with van der Waals surface area (Å²) in [4.78, 5) is 4.90. The van der Waals surface area contributed by atoms with Gasteiger partial charge in [0.25, 0.3) is 0 Å². The third kappa shape index (κ3) is 3.32. The van der Waals surface area contributed by atoms with E-state index in [1.54, 1.807) is 0 Å². The monoisotopic (exact) mass is 349 g/mol. The van der Waals surface area contributed by atoms with Crippen LogP contribution in [0.15, 0.2) is 22.7 Å². The van der Waals surface area contributed by atoms with Crippen molar-refractivity contribution in [2.24, 2.45) is 5.92 Å². The number of piperidine rings is 1. The third-order valence-electron chi connectivity index (χ3n) is 4.48. The summed E-state index contributed by atoms with van der Waals surface area (Å²) in [5.41, 5.74) is 2.37. The molecule has 0 saturated carbocycles. The molecule has 0 bridgehead atoms. The molecule has 21 heavy (non-hydrogen) atoms. The second-order valence-corrected chi connectivity index (χ2v) is 7.27. The number of hydrogen-bond donors (Lipinski definition) is 1. The first kappa shape index (κ1) is 15.0. The van der Waals surface area contributed by atoms with Crippen LogP contribution in [0.4, 0.5) is 0 Å². The van der Waals surface area contributed by atoms with Gasteiger partial charge in [-0.2, -0.15) is 0 Å². The predicted octanol–water partition coefficient (Wildman–Crippen LogP) is 4.31. The van der Waals surface area contributed by atoms with E-state index in [0.29, 0.717) is 6.04 Å². The molecule has 0 spiro atoms. The molecule has 114 valence electrons. The summed E-state index contributed by atoms with van der Waals surface area (Å²) >= 11 is 3.55. The fourth-order valence-electron chi connectivity index (χ4n) is 3.38. The molecule has 1 N–H and O–H groups in total. The highest BCUT2D eigenvalue weighted by Crippen LogP contribution is 2.26. The van der Waals surface area contributed by atoms with E-state index in [4.69, 9.17) is 4.98 Å². The number of hydrogen-bond acceptors (Lipinski definition) is 2. The normalized spacial score (nSPS) is 17.0. The average molecular weight is 350 g/mol. The molecule has 1 fully saturated rings. The molecule has 4 heteroatoms. The van der Waals surface area contributed by atoms with Gasteiger partial charge in [-0.25, -0.2) is 4.98 Å². The zero-order valence-electron chi connectivity index (χ0n) is 12.9. The van der Waals surface area contributed by atoms with Gasteiger partial charge in [-0.1, -0.05) is 15.9 Å². The first-order chi connectivity index (χ1) is 10.1. The topological polar surface area (TPSA) is 29.9 Å². The Kier molecular flexibility index (Phi) is 4.65. The Morgan fingerprint density at radius 1 is 1.33 bits per heavy atom. The van der Waals surface area contributed by atoms with Gasteiger partial charge in [-0.3, -0.25) is 0 Å². The first-order valence-electron chi connectivity index (χ1n) is 8.02. The lowest BCUT2D eigenvalue weighted by atomic mass is 9.93. The molecule has 1 aromatic heterocycles. The second kappa shape index (κ2) is 6.49. The smallest absolute Gasteiger partial charge is 0.110 e. The molecule has 0 atom stereocenters. The van der Waals surface area contributed by atoms with Crippen LogP contribution in [0.1, 0.15) is 45.0 Å². The Morgan fingerprint density at radius 3 is 2.81 bits per heavy atom. The molecule has 0 aliphatic carbocycles. The number of imidazole rings is 1. The zero-order valence-corrected chi connectivity index (χ0v) is 14.5. The van der Waals surface area contributed by atoms with E-state index in [2.05, 4.69) is 57.9 Å². The predicted molar refractivity (Wildman–Crippen MR) is 91.7 cm³/mol. The summed E-state index contributed by atoms with van der Waals surface area (Å²) < 4.78 is 3.51. The molecule has 3 rings (SSSR count). The van der Waals surface area contributed by atoms with Gasteiger partial charge in [0.05, 0.1) is 11.0 Å². The lowest BCUT2D eigenvalue weighted by Gasteiger charge is -2.22.